The number of furan rings is 1. The fourth-order valence-corrected chi connectivity index (χ4v) is 4.07. The van der Waals surface area contributed by atoms with E-state index in [0.717, 1.165) is 17.0 Å². The van der Waals surface area contributed by atoms with E-state index in [-0.39, 0.29) is 24.6 Å². The molecule has 4 aromatic rings. The maximum atomic E-state index is 13.7. The van der Waals surface area contributed by atoms with Crippen LogP contribution in [0.5, 0.6) is 11.5 Å². The van der Waals surface area contributed by atoms with Gasteiger partial charge < -0.3 is 23.9 Å². The van der Waals surface area contributed by atoms with Crippen molar-refractivity contribution in [3.05, 3.63) is 88.3 Å². The molecule has 4 rings (SSSR count). The van der Waals surface area contributed by atoms with Crippen molar-refractivity contribution in [2.45, 2.75) is 13.2 Å². The highest BCUT2D eigenvalue weighted by Crippen LogP contribution is 2.33. The maximum Gasteiger partial charge on any atom is 0.323 e. The van der Waals surface area contributed by atoms with Crippen LogP contribution in [0.25, 0.3) is 11.1 Å². The molecule has 2 aromatic carbocycles. The van der Waals surface area contributed by atoms with Crippen molar-refractivity contribution in [1.82, 2.24) is 9.88 Å². The van der Waals surface area contributed by atoms with E-state index in [9.17, 15) is 18.4 Å². The number of carboxylic acid groups (broad SMARTS) is 1. The van der Waals surface area contributed by atoms with Gasteiger partial charge in [-0.2, -0.15) is 0 Å². The largest absolute Gasteiger partial charge is 0.496 e. The zero-order chi connectivity index (χ0) is 25.7. The first-order valence-corrected chi connectivity index (χ1v) is 11.5. The van der Waals surface area contributed by atoms with Gasteiger partial charge in [0, 0.05) is 17.0 Å². The van der Waals surface area contributed by atoms with Crippen LogP contribution in [-0.4, -0.2) is 40.5 Å². The van der Waals surface area contributed by atoms with E-state index < -0.39 is 30.1 Å². The number of carbonyl (C=O) groups is 2. The number of ether oxygens (including phenoxy) is 2. The number of carboxylic acids is 1. The summed E-state index contributed by atoms with van der Waals surface area (Å²) in [5.74, 6) is -2.53. The lowest BCUT2D eigenvalue weighted by molar-refractivity contribution is -0.137. The predicted molar refractivity (Wildman–Crippen MR) is 126 cm³/mol. The zero-order valence-corrected chi connectivity index (χ0v) is 19.8. The van der Waals surface area contributed by atoms with Gasteiger partial charge in [-0.05, 0) is 35.9 Å². The Kier molecular flexibility index (Phi) is 7.59. The summed E-state index contributed by atoms with van der Waals surface area (Å²) < 4.78 is 43.3. The highest BCUT2D eigenvalue weighted by atomic mass is 32.1. The second-order valence-corrected chi connectivity index (χ2v) is 8.48. The Morgan fingerprint density at radius 3 is 2.56 bits per heavy atom. The molecule has 0 aliphatic rings. The summed E-state index contributed by atoms with van der Waals surface area (Å²) in [5, 5.41) is 11.2. The summed E-state index contributed by atoms with van der Waals surface area (Å²) in [6.45, 7) is -0.433. The molecule has 186 valence electrons. The van der Waals surface area contributed by atoms with Gasteiger partial charge in [0.05, 0.1) is 19.9 Å². The number of rotatable bonds is 10. The average Bonchev–Trinajstić information content (AvgIpc) is 3.56. The van der Waals surface area contributed by atoms with Crippen molar-refractivity contribution in [2.24, 2.45) is 0 Å². The van der Waals surface area contributed by atoms with Crippen molar-refractivity contribution in [1.29, 1.82) is 0 Å². The molecule has 0 aliphatic carbocycles. The SMILES string of the molecule is COc1cc(F)c(F)cc1-c1ccc(OCc2nc(C(=O)N(CC(=O)O)Cc3ccco3)cs2)cc1. The van der Waals surface area contributed by atoms with Crippen molar-refractivity contribution >= 4 is 23.2 Å². The monoisotopic (exact) mass is 514 g/mol. The fourth-order valence-electron chi connectivity index (χ4n) is 3.39. The molecule has 0 saturated heterocycles. The Bertz CT molecular complexity index is 1360. The Balaban J connectivity index is 1.41. The number of hydrogen-bond acceptors (Lipinski definition) is 7. The van der Waals surface area contributed by atoms with Crippen molar-refractivity contribution < 1.29 is 37.4 Å². The summed E-state index contributed by atoms with van der Waals surface area (Å²) in [4.78, 5) is 29.4. The molecule has 11 heteroatoms. The van der Waals surface area contributed by atoms with Gasteiger partial charge in [-0.15, -0.1) is 11.3 Å². The molecule has 0 saturated carbocycles. The molecule has 8 nitrogen and oxygen atoms in total. The summed E-state index contributed by atoms with van der Waals surface area (Å²) in [5.41, 5.74) is 1.11. The van der Waals surface area contributed by atoms with Crippen LogP contribution in [0, 0.1) is 11.6 Å². The molecule has 36 heavy (non-hydrogen) atoms. The number of aliphatic carboxylic acids is 1. The summed E-state index contributed by atoms with van der Waals surface area (Å²) >= 11 is 1.20. The number of amides is 1. The number of methoxy groups -OCH3 is 1. The fraction of sp³-hybridized carbons (Fsp3) is 0.160. The van der Waals surface area contributed by atoms with Crippen LogP contribution in [0.4, 0.5) is 8.78 Å². The smallest absolute Gasteiger partial charge is 0.323 e. The first-order valence-electron chi connectivity index (χ1n) is 10.6. The molecular weight excluding hydrogens is 494 g/mol. The van der Waals surface area contributed by atoms with E-state index in [0.29, 0.717) is 27.6 Å². The number of thiazole rings is 1. The molecule has 1 N–H and O–H groups in total. The molecule has 0 radical (unpaired) electrons. The number of hydrogen-bond donors (Lipinski definition) is 1. The molecule has 2 heterocycles. The number of aromatic nitrogens is 1. The molecule has 0 fully saturated rings. The Hall–Kier alpha value is -4.25. The highest BCUT2D eigenvalue weighted by molar-refractivity contribution is 7.09. The first-order chi connectivity index (χ1) is 17.3. The minimum absolute atomic E-state index is 0.00339. The van der Waals surface area contributed by atoms with E-state index in [1.807, 2.05) is 0 Å². The minimum atomic E-state index is -1.15. The number of halogens is 2. The predicted octanol–water partition coefficient (Wildman–Crippen LogP) is 5.00. The zero-order valence-electron chi connectivity index (χ0n) is 18.9. The lowest BCUT2D eigenvalue weighted by atomic mass is 10.0. The third-order valence-electron chi connectivity index (χ3n) is 5.08. The van der Waals surface area contributed by atoms with Gasteiger partial charge in [0.1, 0.15) is 41.1 Å². The van der Waals surface area contributed by atoms with Crippen LogP contribution in [0.15, 0.2) is 64.6 Å². The highest BCUT2D eigenvalue weighted by Gasteiger charge is 2.22. The van der Waals surface area contributed by atoms with Gasteiger partial charge in [-0.3, -0.25) is 9.59 Å². The van der Waals surface area contributed by atoms with Gasteiger partial charge in [-0.1, -0.05) is 12.1 Å². The summed E-state index contributed by atoms with van der Waals surface area (Å²) in [6.07, 6.45) is 1.44. The molecule has 0 unspecified atom stereocenters. The van der Waals surface area contributed by atoms with E-state index in [2.05, 4.69) is 4.98 Å². The summed E-state index contributed by atoms with van der Waals surface area (Å²) in [6, 6.07) is 12.0. The second-order valence-electron chi connectivity index (χ2n) is 7.54. The Morgan fingerprint density at radius 2 is 1.89 bits per heavy atom. The van der Waals surface area contributed by atoms with Gasteiger partial charge in [0.2, 0.25) is 0 Å². The van der Waals surface area contributed by atoms with Crippen molar-refractivity contribution in [3.63, 3.8) is 0 Å². The van der Waals surface area contributed by atoms with Gasteiger partial charge in [0.15, 0.2) is 11.6 Å². The number of benzene rings is 2. The minimum Gasteiger partial charge on any atom is -0.496 e. The third kappa shape index (κ3) is 5.87. The standard InChI is InChI=1S/C25H20F2N2O6S/c1-33-22-10-20(27)19(26)9-18(22)15-4-6-16(7-5-15)35-13-23-28-21(14-36-23)25(32)29(12-24(30)31)11-17-3-2-8-34-17/h2-10,14H,11-13H2,1H3,(H,30,31). The number of carbonyl (C=O) groups excluding carboxylic acids is 1. The lowest BCUT2D eigenvalue weighted by Gasteiger charge is -2.18. The topological polar surface area (TPSA) is 102 Å². The van der Waals surface area contributed by atoms with Crippen LogP contribution >= 0.6 is 11.3 Å². The van der Waals surface area contributed by atoms with Crippen molar-refractivity contribution in [2.75, 3.05) is 13.7 Å². The average molecular weight is 515 g/mol. The van der Waals surface area contributed by atoms with Crippen LogP contribution in [0.3, 0.4) is 0 Å². The summed E-state index contributed by atoms with van der Waals surface area (Å²) in [7, 11) is 1.37. The van der Waals surface area contributed by atoms with E-state index >= 15 is 0 Å². The van der Waals surface area contributed by atoms with Gasteiger partial charge in [-0.25, -0.2) is 13.8 Å². The molecular formula is C25H20F2N2O6S. The lowest BCUT2D eigenvalue weighted by Crippen LogP contribution is -2.35. The number of nitrogens with zero attached hydrogens (tertiary/aromatic N) is 2. The Labute approximate surface area is 208 Å². The normalized spacial score (nSPS) is 10.8. The molecule has 0 aliphatic heterocycles. The van der Waals surface area contributed by atoms with Gasteiger partial charge >= 0.3 is 5.97 Å². The van der Waals surface area contributed by atoms with Crippen LogP contribution in [0.2, 0.25) is 0 Å². The van der Waals surface area contributed by atoms with Gasteiger partial charge in [0.25, 0.3) is 5.91 Å². The van der Waals surface area contributed by atoms with Crippen LogP contribution in [0.1, 0.15) is 21.3 Å². The maximum absolute atomic E-state index is 13.7. The van der Waals surface area contributed by atoms with E-state index in [1.165, 1.54) is 30.1 Å². The van der Waals surface area contributed by atoms with E-state index in [1.54, 1.807) is 36.4 Å². The first kappa shape index (κ1) is 24.9. The quantitative estimate of drug-likeness (QED) is 0.318. The van der Waals surface area contributed by atoms with Crippen LogP contribution < -0.4 is 9.47 Å². The van der Waals surface area contributed by atoms with Crippen LogP contribution in [-0.2, 0) is 17.9 Å². The molecule has 0 bridgehead atoms. The van der Waals surface area contributed by atoms with Crippen molar-refractivity contribution in [3.8, 4) is 22.6 Å². The third-order valence-corrected chi connectivity index (χ3v) is 5.90. The Morgan fingerprint density at radius 1 is 1.14 bits per heavy atom. The van der Waals surface area contributed by atoms with E-state index in [4.69, 9.17) is 19.0 Å². The molecule has 0 atom stereocenters. The molecule has 1 amide bonds. The second kappa shape index (κ2) is 11.0. The molecule has 0 spiro atoms. The molecule has 2 aromatic heterocycles.